The summed E-state index contributed by atoms with van der Waals surface area (Å²) in [6.07, 6.45) is 3.28. The van der Waals surface area contributed by atoms with E-state index in [0.29, 0.717) is 5.92 Å². The molecule has 54 heavy (non-hydrogen) atoms. The van der Waals surface area contributed by atoms with Crippen molar-refractivity contribution in [1.29, 1.82) is 0 Å². The van der Waals surface area contributed by atoms with Gasteiger partial charge < -0.3 is 14.7 Å². The molecule has 1 radical (unpaired) electrons. The summed E-state index contributed by atoms with van der Waals surface area (Å²) in [5.41, 5.74) is 5.96. The van der Waals surface area contributed by atoms with Gasteiger partial charge in [-0.3, -0.25) is 4.79 Å². The van der Waals surface area contributed by atoms with E-state index in [1.165, 1.54) is 60.4 Å². The molecule has 8 rings (SSSR count). The predicted octanol–water partition coefficient (Wildman–Crippen LogP) is 13.3. The number of rotatable bonds is 4. The summed E-state index contributed by atoms with van der Waals surface area (Å²) in [7, 11) is 0. The Bertz CT molecular complexity index is 2650. The molecule has 8 aromatic rings. The molecule has 5 heteroatoms. The van der Waals surface area contributed by atoms with E-state index in [-0.39, 0.29) is 37.1 Å². The average molecular weight is 888 g/mol. The molecule has 0 fully saturated rings. The zero-order chi connectivity index (χ0) is 37.7. The van der Waals surface area contributed by atoms with Gasteiger partial charge >= 0.3 is 0 Å². The number of nitrogens with zero attached hydrogens (tertiary/aromatic N) is 2. The smallest absolute Gasteiger partial charge is 0.164 e. The number of aliphatic hydroxyl groups is 1. The molecule has 0 atom stereocenters. The van der Waals surface area contributed by atoms with E-state index in [1.807, 2.05) is 47.7 Å². The third-order valence-corrected chi connectivity index (χ3v) is 10.0. The van der Waals surface area contributed by atoms with Crippen molar-refractivity contribution >= 4 is 59.9 Å². The number of pyridine rings is 1. The van der Waals surface area contributed by atoms with Gasteiger partial charge in [0.15, 0.2) is 5.78 Å². The van der Waals surface area contributed by atoms with Crippen LogP contribution in [-0.4, -0.2) is 20.4 Å². The van der Waals surface area contributed by atoms with Crippen LogP contribution in [0.2, 0.25) is 0 Å². The Balaban J connectivity index is 0.000000308. The van der Waals surface area contributed by atoms with E-state index in [9.17, 15) is 9.90 Å². The number of aliphatic hydroxyl groups excluding tert-OH is 1. The van der Waals surface area contributed by atoms with Crippen LogP contribution in [-0.2, 0) is 24.9 Å². The number of hydrogen-bond acceptors (Lipinski definition) is 3. The summed E-state index contributed by atoms with van der Waals surface area (Å²) in [6.45, 7) is 15.6. The minimum Gasteiger partial charge on any atom is -0.512 e. The first-order valence-corrected chi connectivity index (χ1v) is 18.4. The van der Waals surface area contributed by atoms with Crippen LogP contribution in [0.5, 0.6) is 0 Å². The standard InChI is InChI=1S/C38H27N2.C11H20O2.Ir/c1-24(2)26-21-27(23-28(22-26)40-36-13-7-5-11-33(36)34-12-6-8-14-37(34)40)38-35-18-17-30-29-10-4-3-9-25(29)15-16-31(30)32(35)19-20-39-38;1-10(2,3)8(12)7-9(13)11(4,5)6;/h3-20,22-24H,1-2H3;7,12H,1-6H3;/q-1;;/b;8-7-;. The molecule has 2 aromatic heterocycles. The van der Waals surface area contributed by atoms with Gasteiger partial charge in [-0.25, -0.2) is 0 Å². The fourth-order valence-corrected chi connectivity index (χ4v) is 6.87. The number of ketones is 1. The SMILES string of the molecule is CC(C)(C)C(=O)/C=C(\O)C(C)(C)C.CC(C)c1[c-]c(-c2nccc3c2ccc2c4ccccc4ccc32)cc(-n2c3ccccc3c3ccccc32)c1.[Ir]. The number of carbonyl (C=O) groups is 1. The number of hydrogen-bond donors (Lipinski definition) is 1. The second kappa shape index (κ2) is 15.0. The fraction of sp³-hybridized carbons (Fsp3) is 0.224. The molecule has 1 N–H and O–H groups in total. The number of para-hydroxylation sites is 2. The zero-order valence-electron chi connectivity index (χ0n) is 32.3. The molecular formula is C49H47IrN2O2-. The van der Waals surface area contributed by atoms with E-state index in [0.717, 1.165) is 22.3 Å². The molecule has 6 aromatic carbocycles. The number of fused-ring (bicyclic) bond motifs is 8. The van der Waals surface area contributed by atoms with Crippen LogP contribution < -0.4 is 0 Å². The quantitative estimate of drug-likeness (QED) is 0.0829. The summed E-state index contributed by atoms with van der Waals surface area (Å²) in [5, 5.41) is 19.5. The van der Waals surface area contributed by atoms with Crippen LogP contribution in [0.4, 0.5) is 0 Å². The molecule has 4 nitrogen and oxygen atoms in total. The van der Waals surface area contributed by atoms with Crippen molar-refractivity contribution in [2.45, 2.75) is 61.3 Å². The molecule has 0 bridgehead atoms. The topological polar surface area (TPSA) is 55.1 Å². The first kappa shape index (κ1) is 38.6. The van der Waals surface area contributed by atoms with Crippen LogP contribution in [0.3, 0.4) is 0 Å². The molecule has 2 heterocycles. The number of allylic oxidation sites excluding steroid dienone is 2. The van der Waals surface area contributed by atoms with E-state index in [2.05, 4.69) is 140 Å². The van der Waals surface area contributed by atoms with Gasteiger partial charge in [0.2, 0.25) is 0 Å². The van der Waals surface area contributed by atoms with E-state index in [1.54, 1.807) is 0 Å². The van der Waals surface area contributed by atoms with Crippen LogP contribution in [0.15, 0.2) is 133 Å². The molecule has 0 spiro atoms. The summed E-state index contributed by atoms with van der Waals surface area (Å²) < 4.78 is 2.39. The maximum absolute atomic E-state index is 11.5. The van der Waals surface area contributed by atoms with Crippen molar-refractivity contribution in [3.05, 3.63) is 145 Å². The van der Waals surface area contributed by atoms with Gasteiger partial charge in [-0.15, -0.1) is 29.3 Å². The molecule has 0 aliphatic heterocycles. The second-order valence-electron chi connectivity index (χ2n) is 16.3. The number of carbonyl (C=O) groups excluding carboxylic acids is 1. The van der Waals surface area contributed by atoms with Gasteiger partial charge in [-0.05, 0) is 67.8 Å². The second-order valence-corrected chi connectivity index (χ2v) is 16.3. The molecule has 0 aliphatic carbocycles. The first-order valence-electron chi connectivity index (χ1n) is 18.4. The molecule has 0 amide bonds. The molecule has 0 saturated carbocycles. The Labute approximate surface area is 331 Å². The predicted molar refractivity (Wildman–Crippen MR) is 224 cm³/mol. The summed E-state index contributed by atoms with van der Waals surface area (Å²) in [4.78, 5) is 16.4. The summed E-state index contributed by atoms with van der Waals surface area (Å²) in [6, 6.07) is 45.4. The van der Waals surface area contributed by atoms with Crippen molar-refractivity contribution in [1.82, 2.24) is 9.55 Å². The van der Waals surface area contributed by atoms with Crippen molar-refractivity contribution in [2.75, 3.05) is 0 Å². The number of benzene rings is 6. The van der Waals surface area contributed by atoms with Crippen molar-refractivity contribution in [3.8, 4) is 16.9 Å². The van der Waals surface area contributed by atoms with E-state index < -0.39 is 5.41 Å². The Hall–Kier alpha value is -5.09. The van der Waals surface area contributed by atoms with Crippen LogP contribution in [0.25, 0.3) is 71.1 Å². The maximum atomic E-state index is 11.5. The molecule has 275 valence electrons. The Kier molecular flexibility index (Phi) is 10.7. The molecular weight excluding hydrogens is 841 g/mol. The largest absolute Gasteiger partial charge is 0.512 e. The number of aromatic nitrogens is 2. The van der Waals surface area contributed by atoms with Gasteiger partial charge in [-0.1, -0.05) is 140 Å². The van der Waals surface area contributed by atoms with Crippen molar-refractivity contribution in [3.63, 3.8) is 0 Å². The fourth-order valence-electron chi connectivity index (χ4n) is 6.87. The Morgan fingerprint density at radius 2 is 1.20 bits per heavy atom. The molecule has 0 saturated heterocycles. The van der Waals surface area contributed by atoms with Crippen LogP contribution in [0, 0.1) is 16.9 Å². The first-order chi connectivity index (χ1) is 25.2. The van der Waals surface area contributed by atoms with Gasteiger partial charge in [0, 0.05) is 54.0 Å². The van der Waals surface area contributed by atoms with Crippen LogP contribution in [0.1, 0.15) is 66.9 Å². The van der Waals surface area contributed by atoms with Gasteiger partial charge in [-0.2, -0.15) is 0 Å². The zero-order valence-corrected chi connectivity index (χ0v) is 34.7. The van der Waals surface area contributed by atoms with Gasteiger partial charge in [0.1, 0.15) is 5.76 Å². The van der Waals surface area contributed by atoms with Crippen molar-refractivity contribution < 1.29 is 30.0 Å². The van der Waals surface area contributed by atoms with Crippen molar-refractivity contribution in [2.24, 2.45) is 10.8 Å². The normalized spacial score (nSPS) is 12.4. The Morgan fingerprint density at radius 3 is 1.81 bits per heavy atom. The Morgan fingerprint density at radius 1 is 0.667 bits per heavy atom. The minimum atomic E-state index is -0.417. The monoisotopic (exact) mass is 888 g/mol. The summed E-state index contributed by atoms with van der Waals surface area (Å²) in [5.74, 6) is 0.432. The third kappa shape index (κ3) is 7.36. The summed E-state index contributed by atoms with van der Waals surface area (Å²) >= 11 is 0. The van der Waals surface area contributed by atoms with Gasteiger partial charge in [0.25, 0.3) is 0 Å². The van der Waals surface area contributed by atoms with Gasteiger partial charge in [0.05, 0.1) is 11.0 Å². The molecule has 0 aliphatic rings. The third-order valence-electron chi connectivity index (χ3n) is 10.0. The van der Waals surface area contributed by atoms with E-state index in [4.69, 9.17) is 4.98 Å². The van der Waals surface area contributed by atoms with E-state index >= 15 is 0 Å². The molecule has 0 unspecified atom stereocenters. The average Bonchev–Trinajstić information content (AvgIpc) is 3.48. The van der Waals surface area contributed by atoms with Crippen LogP contribution >= 0.6 is 0 Å². The maximum Gasteiger partial charge on any atom is 0.164 e. The minimum absolute atomic E-state index is 0.